The highest BCUT2D eigenvalue weighted by molar-refractivity contribution is 6.29. The predicted molar refractivity (Wildman–Crippen MR) is 64.7 cm³/mol. The molecule has 3 N–H and O–H groups in total. The van der Waals surface area contributed by atoms with Crippen LogP contribution in [0.5, 0.6) is 0 Å². The Labute approximate surface area is 113 Å². The number of nitrogens with one attached hydrogen (secondary N) is 1. The number of aromatic nitrogens is 3. The largest absolute Gasteiger partial charge is 0.434 e. The summed E-state index contributed by atoms with van der Waals surface area (Å²) in [6.07, 6.45) is -4.01. The van der Waals surface area contributed by atoms with E-state index in [4.69, 9.17) is 17.4 Å². The zero-order valence-electron chi connectivity index (χ0n) is 9.53. The van der Waals surface area contributed by atoms with E-state index in [0.717, 1.165) is 6.20 Å². The molecule has 0 atom stereocenters. The van der Waals surface area contributed by atoms with Crippen LogP contribution < -0.4 is 17.1 Å². The summed E-state index contributed by atoms with van der Waals surface area (Å²) in [6, 6.07) is 2.38. The molecule has 0 aliphatic heterocycles. The van der Waals surface area contributed by atoms with Crippen LogP contribution in [-0.4, -0.2) is 14.6 Å². The Bertz CT molecular complexity index is 764. The Morgan fingerprint density at radius 1 is 1.30 bits per heavy atom. The van der Waals surface area contributed by atoms with Crippen molar-refractivity contribution < 1.29 is 13.2 Å². The summed E-state index contributed by atoms with van der Waals surface area (Å²) in [5, 5.41) is 0.0415. The second-order valence-corrected chi connectivity index (χ2v) is 4.11. The van der Waals surface area contributed by atoms with Crippen molar-refractivity contribution in [2.45, 2.75) is 6.18 Å². The van der Waals surface area contributed by atoms with Gasteiger partial charge in [0.25, 0.3) is 5.56 Å². The average Bonchev–Trinajstić information content (AvgIpc) is 2.33. The zero-order valence-corrected chi connectivity index (χ0v) is 10.3. The first-order valence-electron chi connectivity index (χ1n) is 5.05. The second-order valence-electron chi connectivity index (χ2n) is 3.72. The molecule has 0 aliphatic carbocycles. The van der Waals surface area contributed by atoms with Crippen molar-refractivity contribution >= 4 is 11.6 Å². The van der Waals surface area contributed by atoms with Gasteiger partial charge in [-0.05, 0) is 12.1 Å². The molecule has 0 bridgehead atoms. The number of pyridine rings is 1. The van der Waals surface area contributed by atoms with E-state index in [1.165, 1.54) is 12.1 Å². The average molecular weight is 307 g/mol. The van der Waals surface area contributed by atoms with Crippen LogP contribution in [-0.2, 0) is 6.18 Å². The van der Waals surface area contributed by atoms with Crippen LogP contribution in [0, 0.1) is 0 Å². The molecule has 20 heavy (non-hydrogen) atoms. The highest BCUT2D eigenvalue weighted by Crippen LogP contribution is 2.33. The molecule has 2 rings (SSSR count). The Morgan fingerprint density at radius 2 is 1.95 bits per heavy atom. The van der Waals surface area contributed by atoms with Crippen LogP contribution >= 0.6 is 11.6 Å². The van der Waals surface area contributed by atoms with Crippen molar-refractivity contribution in [2.24, 2.45) is 0 Å². The number of nitrogens with two attached hydrogens (primary N) is 1. The first-order chi connectivity index (χ1) is 9.21. The Morgan fingerprint density at radius 3 is 2.45 bits per heavy atom. The number of alkyl halides is 3. The van der Waals surface area contributed by atoms with Crippen molar-refractivity contribution in [3.63, 3.8) is 0 Å². The number of nitrogens with zero attached hydrogens (tertiary/aromatic N) is 2. The number of nitrogen functional groups attached to an aromatic ring is 1. The monoisotopic (exact) mass is 306 g/mol. The first-order valence-corrected chi connectivity index (χ1v) is 5.43. The van der Waals surface area contributed by atoms with E-state index in [1.54, 1.807) is 4.98 Å². The first kappa shape index (κ1) is 14.1. The van der Waals surface area contributed by atoms with Gasteiger partial charge in [0.05, 0.1) is 5.56 Å². The summed E-state index contributed by atoms with van der Waals surface area (Å²) in [6.45, 7) is 0. The molecule has 0 spiro atoms. The molecule has 0 amide bonds. The summed E-state index contributed by atoms with van der Waals surface area (Å²) in [7, 11) is 0. The molecule has 2 aromatic heterocycles. The minimum absolute atomic E-state index is 0.0415. The van der Waals surface area contributed by atoms with Gasteiger partial charge in [0.15, 0.2) is 5.69 Å². The summed E-state index contributed by atoms with van der Waals surface area (Å²) in [5.41, 5.74) is -5.11. The van der Waals surface area contributed by atoms with Gasteiger partial charge in [-0.1, -0.05) is 11.6 Å². The molecule has 0 aromatic carbocycles. The van der Waals surface area contributed by atoms with Gasteiger partial charge in [0.2, 0.25) is 0 Å². The normalized spacial score (nSPS) is 11.6. The quantitative estimate of drug-likeness (QED) is 0.607. The van der Waals surface area contributed by atoms with Crippen LogP contribution in [0.15, 0.2) is 27.9 Å². The van der Waals surface area contributed by atoms with E-state index < -0.39 is 28.7 Å². The Kier molecular flexibility index (Phi) is 3.30. The molecular weight excluding hydrogens is 301 g/mol. The third-order valence-corrected chi connectivity index (χ3v) is 2.65. The van der Waals surface area contributed by atoms with E-state index in [-0.39, 0.29) is 15.4 Å². The Balaban J connectivity index is 2.89. The smallest absolute Gasteiger partial charge is 0.335 e. The molecule has 2 heterocycles. The summed E-state index contributed by atoms with van der Waals surface area (Å²) < 4.78 is 38.8. The number of hydrogen-bond donors (Lipinski definition) is 2. The molecule has 0 fully saturated rings. The zero-order chi connectivity index (χ0) is 15.1. The van der Waals surface area contributed by atoms with Crippen LogP contribution in [0.3, 0.4) is 0 Å². The molecule has 106 valence electrons. The number of H-pyrrole nitrogens is 1. The van der Waals surface area contributed by atoms with E-state index in [2.05, 4.69) is 4.98 Å². The van der Waals surface area contributed by atoms with Crippen molar-refractivity contribution in [3.8, 4) is 11.1 Å². The molecular formula is C10H6ClF3N4O2. The SMILES string of the molecule is Nn1c(C(F)(F)F)c(-c2ccc(Cl)nc2)c(=O)[nH]c1=O. The van der Waals surface area contributed by atoms with Crippen LogP contribution in [0.2, 0.25) is 5.15 Å². The summed E-state index contributed by atoms with van der Waals surface area (Å²) in [4.78, 5) is 28.1. The van der Waals surface area contributed by atoms with Crippen molar-refractivity contribution in [3.05, 3.63) is 50.0 Å². The fraction of sp³-hybridized carbons (Fsp3) is 0.100. The lowest BCUT2D eigenvalue weighted by Crippen LogP contribution is -2.41. The fourth-order valence-electron chi connectivity index (χ4n) is 1.62. The van der Waals surface area contributed by atoms with E-state index in [9.17, 15) is 22.8 Å². The number of halogens is 4. The van der Waals surface area contributed by atoms with E-state index >= 15 is 0 Å². The van der Waals surface area contributed by atoms with Crippen molar-refractivity contribution in [1.82, 2.24) is 14.6 Å². The van der Waals surface area contributed by atoms with Crippen molar-refractivity contribution in [2.75, 3.05) is 5.84 Å². The predicted octanol–water partition coefficient (Wildman–Crippen LogP) is 0.985. The maximum absolute atomic E-state index is 13.0. The topological polar surface area (TPSA) is 93.8 Å². The van der Waals surface area contributed by atoms with Crippen molar-refractivity contribution in [1.29, 1.82) is 0 Å². The number of hydrogen-bond acceptors (Lipinski definition) is 4. The maximum Gasteiger partial charge on any atom is 0.434 e. The highest BCUT2D eigenvalue weighted by atomic mass is 35.5. The third-order valence-electron chi connectivity index (χ3n) is 2.43. The lowest BCUT2D eigenvalue weighted by Gasteiger charge is -2.14. The second kappa shape index (κ2) is 4.67. The molecule has 0 aliphatic rings. The lowest BCUT2D eigenvalue weighted by atomic mass is 10.1. The highest BCUT2D eigenvalue weighted by Gasteiger charge is 2.39. The molecule has 0 saturated carbocycles. The van der Waals surface area contributed by atoms with Gasteiger partial charge in [0.1, 0.15) is 5.15 Å². The number of rotatable bonds is 1. The third kappa shape index (κ3) is 2.39. The van der Waals surface area contributed by atoms with Gasteiger partial charge in [-0.2, -0.15) is 13.2 Å². The van der Waals surface area contributed by atoms with Gasteiger partial charge in [0, 0.05) is 11.8 Å². The standard InChI is InChI=1S/C10H6ClF3N4O2/c11-5-2-1-4(3-16-5)6-7(10(12,13)14)18(15)9(20)17-8(6)19/h1-3H,15H2,(H,17,19,20). The van der Waals surface area contributed by atoms with Crippen LogP contribution in [0.25, 0.3) is 11.1 Å². The molecule has 6 nitrogen and oxygen atoms in total. The van der Waals surface area contributed by atoms with Gasteiger partial charge >= 0.3 is 11.9 Å². The fourth-order valence-corrected chi connectivity index (χ4v) is 1.73. The summed E-state index contributed by atoms with van der Waals surface area (Å²) >= 11 is 5.53. The molecule has 0 saturated heterocycles. The maximum atomic E-state index is 13.0. The summed E-state index contributed by atoms with van der Waals surface area (Å²) in [5.74, 6) is 5.07. The van der Waals surface area contributed by atoms with E-state index in [1.807, 2.05) is 0 Å². The molecule has 0 radical (unpaired) electrons. The van der Waals surface area contributed by atoms with Gasteiger partial charge < -0.3 is 5.84 Å². The minimum Gasteiger partial charge on any atom is -0.335 e. The Hall–Kier alpha value is -2.29. The molecule has 0 unspecified atom stereocenters. The van der Waals surface area contributed by atoms with Gasteiger partial charge in [-0.15, -0.1) is 0 Å². The van der Waals surface area contributed by atoms with Crippen LogP contribution in [0.1, 0.15) is 5.69 Å². The van der Waals surface area contributed by atoms with Gasteiger partial charge in [-0.25, -0.2) is 14.5 Å². The van der Waals surface area contributed by atoms with E-state index in [0.29, 0.717) is 0 Å². The molecule has 2 aromatic rings. The lowest BCUT2D eigenvalue weighted by molar-refractivity contribution is -0.142. The minimum atomic E-state index is -4.99. The number of aromatic amines is 1. The van der Waals surface area contributed by atoms with Crippen LogP contribution in [0.4, 0.5) is 13.2 Å². The molecule has 10 heteroatoms. The van der Waals surface area contributed by atoms with Gasteiger partial charge in [-0.3, -0.25) is 9.78 Å².